The lowest BCUT2D eigenvalue weighted by Gasteiger charge is -2.09. The molecule has 0 bridgehead atoms. The predicted octanol–water partition coefficient (Wildman–Crippen LogP) is 2.47. The van der Waals surface area contributed by atoms with E-state index in [2.05, 4.69) is 25.8 Å². The fraction of sp³-hybridized carbons (Fsp3) is 0.158. The van der Waals surface area contributed by atoms with Crippen molar-refractivity contribution in [3.8, 4) is 0 Å². The predicted molar refractivity (Wildman–Crippen MR) is 105 cm³/mol. The molecule has 3 aromatic rings. The van der Waals surface area contributed by atoms with Crippen LogP contribution in [-0.2, 0) is 6.54 Å². The van der Waals surface area contributed by atoms with Gasteiger partial charge in [-0.2, -0.15) is 0 Å². The first kappa shape index (κ1) is 19.2. The third kappa shape index (κ3) is 4.57. The molecule has 9 heteroatoms. The molecule has 0 atom stereocenters. The Balaban J connectivity index is 1.77. The lowest BCUT2D eigenvalue weighted by molar-refractivity contribution is 0.417. The van der Waals surface area contributed by atoms with Gasteiger partial charge in [0.25, 0.3) is 0 Å². The smallest absolute Gasteiger partial charge is 0.179 e. The minimum atomic E-state index is -0.275. The zero-order valence-corrected chi connectivity index (χ0v) is 15.2. The Hall–Kier alpha value is -3.59. The quantitative estimate of drug-likeness (QED) is 0.442. The number of hydrogen-bond acceptors (Lipinski definition) is 8. The van der Waals surface area contributed by atoms with Crippen LogP contribution < -0.4 is 16.4 Å². The maximum atomic E-state index is 13.8. The molecule has 0 radical (unpaired) electrons. The van der Waals surface area contributed by atoms with E-state index in [1.807, 2.05) is 0 Å². The van der Waals surface area contributed by atoms with E-state index in [0.717, 1.165) is 0 Å². The van der Waals surface area contributed by atoms with Gasteiger partial charge in [-0.1, -0.05) is 23.4 Å². The van der Waals surface area contributed by atoms with Gasteiger partial charge in [0.15, 0.2) is 11.6 Å². The van der Waals surface area contributed by atoms with E-state index in [1.165, 1.54) is 18.5 Å². The summed E-state index contributed by atoms with van der Waals surface area (Å²) in [6.07, 6.45) is 4.55. The molecule has 0 spiro atoms. The van der Waals surface area contributed by atoms with Gasteiger partial charge in [0.05, 0.1) is 17.6 Å². The molecule has 0 aliphatic rings. The van der Waals surface area contributed by atoms with Crippen molar-refractivity contribution < 1.29 is 8.91 Å². The Morgan fingerprint density at radius 3 is 2.82 bits per heavy atom. The molecule has 0 aliphatic carbocycles. The van der Waals surface area contributed by atoms with Crippen molar-refractivity contribution >= 4 is 22.8 Å². The van der Waals surface area contributed by atoms with Crippen LogP contribution >= 0.6 is 0 Å². The summed E-state index contributed by atoms with van der Waals surface area (Å²) in [6, 6.07) is 8.23. The molecule has 0 aliphatic heterocycles. The highest BCUT2D eigenvalue weighted by Crippen LogP contribution is 2.16. The Bertz CT molecular complexity index is 986. The second-order valence-corrected chi connectivity index (χ2v) is 5.91. The van der Waals surface area contributed by atoms with Crippen molar-refractivity contribution in [1.29, 1.82) is 5.41 Å². The summed E-state index contributed by atoms with van der Waals surface area (Å²) in [5.74, 6) is 0.168. The number of allylic oxidation sites excluding steroid dienone is 1. The normalized spacial score (nSPS) is 11.4. The minimum Gasteiger partial charge on any atom is -0.384 e. The molecule has 28 heavy (non-hydrogen) atoms. The largest absolute Gasteiger partial charge is 0.384 e. The lowest BCUT2D eigenvalue weighted by Crippen LogP contribution is -2.18. The van der Waals surface area contributed by atoms with E-state index in [9.17, 15) is 4.39 Å². The van der Waals surface area contributed by atoms with Gasteiger partial charge in [0.1, 0.15) is 17.8 Å². The second-order valence-electron chi connectivity index (χ2n) is 5.91. The van der Waals surface area contributed by atoms with Crippen LogP contribution in [0.3, 0.4) is 0 Å². The molecule has 8 nitrogen and oxygen atoms in total. The molecule has 0 amide bonds. The number of nitrogens with one attached hydrogen (secondary N) is 3. The van der Waals surface area contributed by atoms with E-state index in [0.29, 0.717) is 35.6 Å². The fourth-order valence-corrected chi connectivity index (χ4v) is 2.52. The van der Waals surface area contributed by atoms with Crippen molar-refractivity contribution in [2.24, 2.45) is 0 Å². The van der Waals surface area contributed by atoms with Crippen LogP contribution in [0.25, 0.3) is 5.57 Å². The van der Waals surface area contributed by atoms with Crippen LogP contribution in [0.4, 0.5) is 15.9 Å². The molecule has 144 valence electrons. The van der Waals surface area contributed by atoms with Gasteiger partial charge < -0.3 is 20.9 Å². The third-order valence-electron chi connectivity index (χ3n) is 4.00. The SMILES string of the molecule is CNc1cnc(C(=N)/C=C(\CNCc2ccccc2F)c2ccon2)nc1N. The third-order valence-corrected chi connectivity index (χ3v) is 4.00. The summed E-state index contributed by atoms with van der Waals surface area (Å²) >= 11 is 0. The van der Waals surface area contributed by atoms with Gasteiger partial charge in [-0.05, 0) is 17.7 Å². The Labute approximate surface area is 161 Å². The van der Waals surface area contributed by atoms with Crippen molar-refractivity contribution in [2.45, 2.75) is 6.54 Å². The van der Waals surface area contributed by atoms with E-state index in [4.69, 9.17) is 15.7 Å². The maximum Gasteiger partial charge on any atom is 0.179 e. The van der Waals surface area contributed by atoms with Crippen molar-refractivity contribution in [1.82, 2.24) is 20.4 Å². The fourth-order valence-electron chi connectivity index (χ4n) is 2.52. The van der Waals surface area contributed by atoms with E-state index >= 15 is 0 Å². The average Bonchev–Trinajstić information content (AvgIpc) is 3.23. The molecule has 5 N–H and O–H groups in total. The van der Waals surface area contributed by atoms with Gasteiger partial charge in [0.2, 0.25) is 0 Å². The molecule has 2 heterocycles. The van der Waals surface area contributed by atoms with E-state index < -0.39 is 0 Å². The first-order valence-electron chi connectivity index (χ1n) is 8.53. The van der Waals surface area contributed by atoms with Crippen LogP contribution in [0.5, 0.6) is 0 Å². The van der Waals surface area contributed by atoms with Crippen molar-refractivity contribution in [2.75, 3.05) is 24.6 Å². The Kier molecular flexibility index (Phi) is 6.07. The van der Waals surface area contributed by atoms with Gasteiger partial charge >= 0.3 is 0 Å². The van der Waals surface area contributed by atoms with E-state index in [1.54, 1.807) is 37.4 Å². The zero-order valence-electron chi connectivity index (χ0n) is 15.2. The molecule has 0 fully saturated rings. The number of halogens is 1. The number of nitrogens with two attached hydrogens (primary N) is 1. The highest BCUT2D eigenvalue weighted by molar-refractivity contribution is 6.08. The van der Waals surface area contributed by atoms with Crippen molar-refractivity contribution in [3.63, 3.8) is 0 Å². The summed E-state index contributed by atoms with van der Waals surface area (Å²) in [6.45, 7) is 0.669. The molecular formula is C19H20FN7O. The van der Waals surface area contributed by atoms with Crippen LogP contribution in [0.2, 0.25) is 0 Å². The molecule has 2 aromatic heterocycles. The Morgan fingerprint density at radius 1 is 1.32 bits per heavy atom. The molecular weight excluding hydrogens is 361 g/mol. The first-order valence-corrected chi connectivity index (χ1v) is 8.53. The summed E-state index contributed by atoms with van der Waals surface area (Å²) in [7, 11) is 1.71. The maximum absolute atomic E-state index is 13.8. The van der Waals surface area contributed by atoms with E-state index in [-0.39, 0.29) is 23.2 Å². The summed E-state index contributed by atoms with van der Waals surface area (Å²) < 4.78 is 18.7. The summed E-state index contributed by atoms with van der Waals surface area (Å²) in [5.41, 5.74) is 8.29. The monoisotopic (exact) mass is 381 g/mol. The molecule has 1 aromatic carbocycles. The molecule has 0 unspecified atom stereocenters. The Morgan fingerprint density at radius 2 is 2.14 bits per heavy atom. The van der Waals surface area contributed by atoms with Crippen LogP contribution in [0, 0.1) is 11.2 Å². The second kappa shape index (κ2) is 8.87. The summed E-state index contributed by atoms with van der Waals surface area (Å²) in [4.78, 5) is 8.29. The number of rotatable bonds is 8. The highest BCUT2D eigenvalue weighted by Gasteiger charge is 2.11. The van der Waals surface area contributed by atoms with Gasteiger partial charge in [-0.15, -0.1) is 0 Å². The number of aromatic nitrogens is 3. The summed E-state index contributed by atoms with van der Waals surface area (Å²) in [5, 5.41) is 18.2. The number of nitrogen functional groups attached to an aromatic ring is 1. The number of benzene rings is 1. The van der Waals surface area contributed by atoms with Gasteiger partial charge in [-0.3, -0.25) is 5.41 Å². The number of anilines is 2. The minimum absolute atomic E-state index is 0.0695. The van der Waals surface area contributed by atoms with Gasteiger partial charge in [-0.25, -0.2) is 14.4 Å². The number of hydrogen-bond donors (Lipinski definition) is 4. The number of nitrogens with zero attached hydrogens (tertiary/aromatic N) is 3. The zero-order chi connectivity index (χ0) is 19.9. The highest BCUT2D eigenvalue weighted by atomic mass is 19.1. The van der Waals surface area contributed by atoms with Crippen LogP contribution in [-0.4, -0.2) is 34.4 Å². The lowest BCUT2D eigenvalue weighted by atomic mass is 10.1. The van der Waals surface area contributed by atoms with Gasteiger partial charge in [0, 0.05) is 31.8 Å². The molecule has 0 saturated carbocycles. The molecule has 3 rings (SSSR count). The van der Waals surface area contributed by atoms with Crippen molar-refractivity contribution in [3.05, 3.63) is 71.8 Å². The molecule has 0 saturated heterocycles. The van der Waals surface area contributed by atoms with Crippen LogP contribution in [0.1, 0.15) is 17.1 Å². The topological polar surface area (TPSA) is 126 Å². The first-order chi connectivity index (χ1) is 13.6. The standard InChI is InChI=1S/C19H20FN7O/c1-23-17-11-25-19(26-18(17)22)15(21)8-13(16-6-7-28-27-16)10-24-9-12-4-2-3-5-14(12)20/h2-8,11,21,23-24H,9-10H2,1H3,(H2,22,25,26)/b13-8+,21-15?. The average molecular weight is 381 g/mol. The van der Waals surface area contributed by atoms with Crippen LogP contribution in [0.15, 0.2) is 53.4 Å².